The highest BCUT2D eigenvalue weighted by molar-refractivity contribution is 5.89. The van der Waals surface area contributed by atoms with E-state index < -0.39 is 0 Å². The van der Waals surface area contributed by atoms with Crippen LogP contribution in [-0.2, 0) is 0 Å². The number of hydrogen-bond donors (Lipinski definition) is 2. The van der Waals surface area contributed by atoms with Crippen molar-refractivity contribution >= 4 is 22.3 Å². The highest BCUT2D eigenvalue weighted by atomic mass is 19.1. The Hall–Kier alpha value is -2.66. The van der Waals surface area contributed by atoms with E-state index in [9.17, 15) is 4.39 Å². The van der Waals surface area contributed by atoms with E-state index in [-0.39, 0.29) is 19.0 Å². The van der Waals surface area contributed by atoms with Gasteiger partial charge in [-0.05, 0) is 31.2 Å². The van der Waals surface area contributed by atoms with Gasteiger partial charge in [0, 0.05) is 11.1 Å². The van der Waals surface area contributed by atoms with Gasteiger partial charge in [-0.2, -0.15) is 0 Å². The topological polar surface area (TPSA) is 54.4 Å². The van der Waals surface area contributed by atoms with Gasteiger partial charge in [-0.1, -0.05) is 24.3 Å². The zero-order chi connectivity index (χ0) is 16.2. The van der Waals surface area contributed by atoms with Crippen molar-refractivity contribution in [3.63, 3.8) is 0 Å². The number of rotatable bonds is 5. The first-order valence-corrected chi connectivity index (χ1v) is 7.35. The van der Waals surface area contributed by atoms with Crippen molar-refractivity contribution in [3.05, 3.63) is 60.0 Å². The van der Waals surface area contributed by atoms with Gasteiger partial charge in [0.05, 0.1) is 18.0 Å². The van der Waals surface area contributed by atoms with Crippen LogP contribution in [0.25, 0.3) is 10.9 Å². The highest BCUT2D eigenvalue weighted by Gasteiger charge is 2.15. The van der Waals surface area contributed by atoms with E-state index in [1.54, 1.807) is 25.1 Å². The third-order valence-corrected chi connectivity index (χ3v) is 3.49. The van der Waals surface area contributed by atoms with Gasteiger partial charge in [0.15, 0.2) is 5.82 Å². The number of aromatic nitrogens is 1. The molecule has 5 heteroatoms. The van der Waals surface area contributed by atoms with Crippen LogP contribution in [0.2, 0.25) is 0 Å². The first kappa shape index (κ1) is 15.2. The maximum Gasteiger partial charge on any atom is 0.158 e. The first-order valence-electron chi connectivity index (χ1n) is 7.35. The average Bonchev–Trinajstić information content (AvgIpc) is 2.58. The second kappa shape index (κ2) is 6.62. The molecule has 0 spiro atoms. The van der Waals surface area contributed by atoms with Crippen molar-refractivity contribution < 1.29 is 14.2 Å². The molecule has 0 fully saturated rings. The molecule has 1 aromatic heterocycles. The number of nitrogens with zero attached hydrogens (tertiary/aromatic N) is 1. The van der Waals surface area contributed by atoms with Crippen molar-refractivity contribution in [2.75, 3.05) is 18.5 Å². The van der Waals surface area contributed by atoms with E-state index in [4.69, 9.17) is 9.84 Å². The Kier molecular flexibility index (Phi) is 4.39. The van der Waals surface area contributed by atoms with Gasteiger partial charge in [0.1, 0.15) is 17.9 Å². The molecule has 0 amide bonds. The molecule has 2 N–H and O–H groups in total. The Bertz CT molecular complexity index is 822. The third-order valence-electron chi connectivity index (χ3n) is 3.49. The number of aliphatic hydroxyl groups excluding tert-OH is 1. The Balaban J connectivity index is 2.07. The predicted molar refractivity (Wildman–Crippen MR) is 88.7 cm³/mol. The maximum atomic E-state index is 14.9. The number of pyridine rings is 1. The molecule has 3 rings (SSSR count). The largest absolute Gasteiger partial charge is 0.489 e. The van der Waals surface area contributed by atoms with Crippen LogP contribution < -0.4 is 10.1 Å². The summed E-state index contributed by atoms with van der Waals surface area (Å²) >= 11 is 0. The number of hydrogen-bond acceptors (Lipinski definition) is 4. The molecule has 0 saturated heterocycles. The van der Waals surface area contributed by atoms with Crippen LogP contribution in [0.15, 0.2) is 48.5 Å². The number of fused-ring (bicyclic) bond motifs is 1. The molecule has 0 unspecified atom stereocenters. The van der Waals surface area contributed by atoms with E-state index in [0.717, 1.165) is 5.69 Å². The first-order chi connectivity index (χ1) is 11.2. The van der Waals surface area contributed by atoms with E-state index in [0.29, 0.717) is 28.0 Å². The Morgan fingerprint density at radius 3 is 2.65 bits per heavy atom. The lowest BCUT2D eigenvalue weighted by atomic mass is 10.1. The van der Waals surface area contributed by atoms with Crippen molar-refractivity contribution in [2.24, 2.45) is 0 Å². The standard InChI is InChI=1S/C18H17FN2O2/c1-12-17(21-13-6-3-2-4-7-13)16(19)14-8-5-9-15(18(14)20-12)23-11-10-22/h2-9,21-22H,10-11H2,1H3. The fourth-order valence-corrected chi connectivity index (χ4v) is 2.42. The molecule has 2 aromatic carbocycles. The Morgan fingerprint density at radius 2 is 1.91 bits per heavy atom. The summed E-state index contributed by atoms with van der Waals surface area (Å²) in [5.41, 5.74) is 2.14. The number of benzene rings is 2. The number of halogens is 1. The summed E-state index contributed by atoms with van der Waals surface area (Å²) in [6, 6.07) is 14.5. The van der Waals surface area contributed by atoms with Crippen LogP contribution in [0.5, 0.6) is 5.75 Å². The second-order valence-corrected chi connectivity index (χ2v) is 5.10. The molecule has 4 nitrogen and oxygen atoms in total. The SMILES string of the molecule is Cc1nc2c(OCCO)cccc2c(F)c1Nc1ccccc1. The molecule has 0 saturated carbocycles. The van der Waals surface area contributed by atoms with Crippen molar-refractivity contribution in [1.82, 2.24) is 4.98 Å². The molecule has 0 aliphatic carbocycles. The van der Waals surface area contributed by atoms with Crippen molar-refractivity contribution in [1.29, 1.82) is 0 Å². The normalized spacial score (nSPS) is 10.7. The summed E-state index contributed by atoms with van der Waals surface area (Å²) in [5.74, 6) is 0.0932. The molecule has 1 heterocycles. The average molecular weight is 312 g/mol. The lowest BCUT2D eigenvalue weighted by Crippen LogP contribution is -2.05. The quantitative estimate of drug-likeness (QED) is 0.752. The number of aryl methyl sites for hydroxylation is 1. The van der Waals surface area contributed by atoms with Crippen LogP contribution in [-0.4, -0.2) is 23.3 Å². The molecule has 0 aliphatic heterocycles. The summed E-state index contributed by atoms with van der Waals surface area (Å²) in [6.45, 7) is 1.79. The summed E-state index contributed by atoms with van der Waals surface area (Å²) in [6.07, 6.45) is 0. The third kappa shape index (κ3) is 3.10. The number of nitrogens with one attached hydrogen (secondary N) is 1. The van der Waals surface area contributed by atoms with E-state index >= 15 is 0 Å². The van der Waals surface area contributed by atoms with E-state index in [1.807, 2.05) is 30.3 Å². The lowest BCUT2D eigenvalue weighted by molar-refractivity contribution is 0.202. The van der Waals surface area contributed by atoms with Gasteiger partial charge in [-0.15, -0.1) is 0 Å². The molecule has 0 radical (unpaired) electrons. The smallest absolute Gasteiger partial charge is 0.158 e. The van der Waals surface area contributed by atoms with Gasteiger partial charge >= 0.3 is 0 Å². The number of para-hydroxylation sites is 2. The minimum Gasteiger partial charge on any atom is -0.489 e. The number of ether oxygens (including phenoxy) is 1. The maximum absolute atomic E-state index is 14.9. The molecule has 0 bridgehead atoms. The Morgan fingerprint density at radius 1 is 1.13 bits per heavy atom. The second-order valence-electron chi connectivity index (χ2n) is 5.10. The van der Waals surface area contributed by atoms with Crippen molar-refractivity contribution in [3.8, 4) is 5.75 Å². The van der Waals surface area contributed by atoms with Gasteiger partial charge in [-0.25, -0.2) is 9.37 Å². The summed E-state index contributed by atoms with van der Waals surface area (Å²) in [5, 5.41) is 12.3. The molecule has 0 atom stereocenters. The lowest BCUT2D eigenvalue weighted by Gasteiger charge is -2.14. The van der Waals surface area contributed by atoms with Crippen LogP contribution in [0.1, 0.15) is 5.69 Å². The van der Waals surface area contributed by atoms with Crippen LogP contribution in [0.3, 0.4) is 0 Å². The zero-order valence-corrected chi connectivity index (χ0v) is 12.7. The fourth-order valence-electron chi connectivity index (χ4n) is 2.42. The van der Waals surface area contributed by atoms with Crippen LogP contribution >= 0.6 is 0 Å². The minimum absolute atomic E-state index is 0.106. The van der Waals surface area contributed by atoms with Gasteiger partial charge in [0.25, 0.3) is 0 Å². The Labute approximate surface area is 133 Å². The molecular formula is C18H17FN2O2. The van der Waals surface area contributed by atoms with Gasteiger partial charge < -0.3 is 15.2 Å². The molecular weight excluding hydrogens is 295 g/mol. The monoisotopic (exact) mass is 312 g/mol. The van der Waals surface area contributed by atoms with Crippen LogP contribution in [0.4, 0.5) is 15.8 Å². The zero-order valence-electron chi connectivity index (χ0n) is 12.7. The highest BCUT2D eigenvalue weighted by Crippen LogP contribution is 2.32. The summed E-state index contributed by atoms with van der Waals surface area (Å²) in [4.78, 5) is 4.48. The van der Waals surface area contributed by atoms with E-state index in [1.165, 1.54) is 0 Å². The van der Waals surface area contributed by atoms with Crippen LogP contribution in [0, 0.1) is 12.7 Å². The summed E-state index contributed by atoms with van der Waals surface area (Å²) in [7, 11) is 0. The van der Waals surface area contributed by atoms with Crippen molar-refractivity contribution in [2.45, 2.75) is 6.92 Å². The van der Waals surface area contributed by atoms with Gasteiger partial charge in [-0.3, -0.25) is 0 Å². The molecule has 3 aromatic rings. The molecule has 23 heavy (non-hydrogen) atoms. The van der Waals surface area contributed by atoms with E-state index in [2.05, 4.69) is 10.3 Å². The predicted octanol–water partition coefficient (Wildman–Crippen LogP) is 3.80. The molecule has 118 valence electrons. The number of aliphatic hydroxyl groups is 1. The fraction of sp³-hybridized carbons (Fsp3) is 0.167. The minimum atomic E-state index is -0.370. The van der Waals surface area contributed by atoms with Gasteiger partial charge in [0.2, 0.25) is 0 Å². The summed E-state index contributed by atoms with van der Waals surface area (Å²) < 4.78 is 20.3. The number of anilines is 2. The molecule has 0 aliphatic rings.